The molecule has 17 heteroatoms. The Morgan fingerprint density at radius 2 is 1.28 bits per heavy atom. The average Bonchev–Trinajstić information content (AvgIpc) is 3.34. The molecular weight excluding hydrogens is 930 g/mol. The maximum Gasteiger partial charge on any atom is 0.410 e. The first-order valence-corrected chi connectivity index (χ1v) is 24.8. The van der Waals surface area contributed by atoms with Gasteiger partial charge in [0, 0.05) is 54.6 Å². The third-order valence-corrected chi connectivity index (χ3v) is 12.2. The third-order valence-electron chi connectivity index (χ3n) is 11.9. The molecule has 3 atom stereocenters. The standard InChI is InChI=1S/C54H70ClN5O11/c1-37-33-49(58-45-14-12-44(55)13-15-45)48-35-42(11-18-50(48)60(37)39(3)61)40-7-9-41(10-8-40)52(63)57-21-24-66-26-28-68-30-32-69-31-29-67-27-25-65-23-20-56-51(62)36-70-46-16-17-47-38(2)59(22-19-43(47)34-46)53(64)71-54(4,5)6/h7-18,34-35,37-38,49,58H,19-33,36H2,1-6H3,(H,56,62)(H,57,63)/t37-,38?,49+/m0/s1. The maximum atomic E-state index is 12.9. The minimum atomic E-state index is -0.557. The van der Waals surface area contributed by atoms with Crippen LogP contribution in [0.3, 0.4) is 0 Å². The van der Waals surface area contributed by atoms with Crippen molar-refractivity contribution in [2.75, 3.05) is 103 Å². The normalized spacial score (nSPS) is 16.4. The molecule has 0 spiro atoms. The van der Waals surface area contributed by atoms with E-state index in [-0.39, 0.29) is 48.5 Å². The van der Waals surface area contributed by atoms with Gasteiger partial charge in [0.2, 0.25) is 5.91 Å². The van der Waals surface area contributed by atoms with Gasteiger partial charge in [-0.1, -0.05) is 35.9 Å². The molecule has 0 aliphatic carbocycles. The molecule has 16 nitrogen and oxygen atoms in total. The van der Waals surface area contributed by atoms with E-state index in [9.17, 15) is 19.2 Å². The van der Waals surface area contributed by atoms with Gasteiger partial charge in [-0.05, 0) is 136 Å². The molecule has 2 heterocycles. The number of ether oxygens (including phenoxy) is 7. The topological polar surface area (TPSA) is 175 Å². The smallest absolute Gasteiger partial charge is 0.410 e. The highest BCUT2D eigenvalue weighted by molar-refractivity contribution is 6.30. The zero-order chi connectivity index (χ0) is 50.8. The summed E-state index contributed by atoms with van der Waals surface area (Å²) in [7, 11) is 0. The Labute approximate surface area is 422 Å². The van der Waals surface area contributed by atoms with Crippen LogP contribution in [0.1, 0.15) is 87.1 Å². The van der Waals surface area contributed by atoms with E-state index < -0.39 is 5.60 Å². The second kappa shape index (κ2) is 27.2. The summed E-state index contributed by atoms with van der Waals surface area (Å²) in [5.74, 6) is 0.175. The van der Waals surface area contributed by atoms with Crippen LogP contribution in [-0.4, -0.2) is 133 Å². The van der Waals surface area contributed by atoms with E-state index in [1.165, 1.54) is 0 Å². The number of carbonyl (C=O) groups excluding carboxylic acids is 4. The maximum absolute atomic E-state index is 12.9. The number of anilines is 2. The molecule has 4 aromatic rings. The molecule has 1 unspecified atom stereocenters. The van der Waals surface area contributed by atoms with E-state index in [1.54, 1.807) is 11.8 Å². The summed E-state index contributed by atoms with van der Waals surface area (Å²) in [4.78, 5) is 54.1. The van der Waals surface area contributed by atoms with Crippen molar-refractivity contribution in [1.82, 2.24) is 15.5 Å². The SMILES string of the molecule is CC(=O)N1c2ccc(-c3ccc(C(=O)NCCOCCOCCOCCOCCOCCNC(=O)COc4ccc5c(c4)CCN(C(=O)OC(C)(C)C)C5C)cc3)cc2[C@H](Nc2ccc(Cl)cc2)C[C@@H]1C. The van der Waals surface area contributed by atoms with Gasteiger partial charge < -0.3 is 58.9 Å². The van der Waals surface area contributed by atoms with Crippen LogP contribution in [0, 0.1) is 0 Å². The predicted octanol–water partition coefficient (Wildman–Crippen LogP) is 8.17. The van der Waals surface area contributed by atoms with Gasteiger partial charge >= 0.3 is 6.09 Å². The summed E-state index contributed by atoms with van der Waals surface area (Å²) in [6.07, 6.45) is 1.09. The number of fused-ring (bicyclic) bond motifs is 2. The van der Waals surface area contributed by atoms with Crippen molar-refractivity contribution in [3.63, 3.8) is 0 Å². The van der Waals surface area contributed by atoms with Crippen LogP contribution < -0.4 is 25.6 Å². The van der Waals surface area contributed by atoms with E-state index in [4.69, 9.17) is 44.8 Å². The number of carbonyl (C=O) groups is 4. The Hall–Kier alpha value is -5.75. The monoisotopic (exact) mass is 999 g/mol. The lowest BCUT2D eigenvalue weighted by Crippen LogP contribution is -2.43. The third kappa shape index (κ3) is 16.9. The Morgan fingerprint density at radius 1 is 0.690 bits per heavy atom. The number of hydrogen-bond acceptors (Lipinski definition) is 12. The first-order chi connectivity index (χ1) is 34.2. The molecule has 71 heavy (non-hydrogen) atoms. The highest BCUT2D eigenvalue weighted by atomic mass is 35.5. The Morgan fingerprint density at radius 3 is 1.89 bits per heavy atom. The Balaban J connectivity index is 0.740. The van der Waals surface area contributed by atoms with Crippen LogP contribution in [0.5, 0.6) is 5.75 Å². The fraction of sp³-hybridized carbons (Fsp3) is 0.481. The molecule has 4 aromatic carbocycles. The van der Waals surface area contributed by atoms with Gasteiger partial charge in [-0.15, -0.1) is 0 Å². The first-order valence-electron chi connectivity index (χ1n) is 24.4. The zero-order valence-electron chi connectivity index (χ0n) is 41.9. The number of amides is 4. The number of nitrogens with zero attached hydrogens (tertiary/aromatic N) is 2. The van der Waals surface area contributed by atoms with Gasteiger partial charge in [-0.25, -0.2) is 4.79 Å². The molecule has 2 aliphatic heterocycles. The highest BCUT2D eigenvalue weighted by Gasteiger charge is 2.33. The Kier molecular flexibility index (Phi) is 20.9. The molecule has 0 aromatic heterocycles. The molecule has 0 saturated carbocycles. The van der Waals surface area contributed by atoms with Crippen LogP contribution in [0.2, 0.25) is 5.02 Å². The van der Waals surface area contributed by atoms with Gasteiger partial charge in [0.05, 0.1) is 78.2 Å². The molecule has 0 fully saturated rings. The number of hydrogen-bond donors (Lipinski definition) is 3. The van der Waals surface area contributed by atoms with Crippen molar-refractivity contribution >= 4 is 46.8 Å². The molecule has 0 radical (unpaired) electrons. The molecule has 0 bridgehead atoms. The van der Waals surface area contributed by atoms with E-state index in [1.807, 2.05) is 111 Å². The molecule has 2 aliphatic rings. The van der Waals surface area contributed by atoms with Gasteiger partial charge in [0.1, 0.15) is 11.4 Å². The second-order valence-corrected chi connectivity index (χ2v) is 18.9. The molecule has 3 N–H and O–H groups in total. The van der Waals surface area contributed by atoms with Crippen LogP contribution >= 0.6 is 11.6 Å². The van der Waals surface area contributed by atoms with E-state index in [0.717, 1.165) is 45.6 Å². The number of benzene rings is 4. The van der Waals surface area contributed by atoms with Crippen LogP contribution in [0.25, 0.3) is 11.1 Å². The fourth-order valence-electron chi connectivity index (χ4n) is 8.47. The van der Waals surface area contributed by atoms with Crippen molar-refractivity contribution in [1.29, 1.82) is 0 Å². The summed E-state index contributed by atoms with van der Waals surface area (Å²) >= 11 is 6.12. The van der Waals surface area contributed by atoms with E-state index >= 15 is 0 Å². The lowest BCUT2D eigenvalue weighted by atomic mass is 9.88. The zero-order valence-corrected chi connectivity index (χ0v) is 42.6. The van der Waals surface area contributed by atoms with E-state index in [2.05, 4.69) is 28.9 Å². The minimum absolute atomic E-state index is 0.00452. The largest absolute Gasteiger partial charge is 0.484 e. The lowest BCUT2D eigenvalue weighted by molar-refractivity contribution is -0.123. The van der Waals surface area contributed by atoms with Gasteiger partial charge in [0.25, 0.3) is 11.8 Å². The quantitative estimate of drug-likeness (QED) is 0.0545. The number of nitrogens with one attached hydrogen (secondary N) is 3. The van der Waals surface area contributed by atoms with Crippen molar-refractivity contribution in [2.24, 2.45) is 0 Å². The summed E-state index contributed by atoms with van der Waals surface area (Å²) in [6, 6.07) is 26.8. The number of rotatable bonds is 25. The van der Waals surface area contributed by atoms with Crippen LogP contribution in [0.4, 0.5) is 16.2 Å². The fourth-order valence-corrected chi connectivity index (χ4v) is 8.60. The Bertz CT molecular complexity index is 2360. The molecule has 384 valence electrons. The van der Waals surface area contributed by atoms with Crippen molar-refractivity contribution in [2.45, 2.75) is 78.1 Å². The summed E-state index contributed by atoms with van der Waals surface area (Å²) in [6.45, 7) is 16.3. The van der Waals surface area contributed by atoms with Gasteiger partial charge in [0.15, 0.2) is 6.61 Å². The lowest BCUT2D eigenvalue weighted by Gasteiger charge is -2.39. The predicted molar refractivity (Wildman–Crippen MR) is 273 cm³/mol. The summed E-state index contributed by atoms with van der Waals surface area (Å²) < 4.78 is 39.1. The van der Waals surface area contributed by atoms with Crippen LogP contribution in [-0.2, 0) is 44.4 Å². The van der Waals surface area contributed by atoms with Crippen molar-refractivity contribution in [3.8, 4) is 16.9 Å². The molecule has 6 rings (SSSR count). The first kappa shape index (κ1) is 54.6. The van der Waals surface area contributed by atoms with Gasteiger partial charge in [-0.2, -0.15) is 0 Å². The van der Waals surface area contributed by atoms with Gasteiger partial charge in [-0.3, -0.25) is 14.4 Å². The summed E-state index contributed by atoms with van der Waals surface area (Å²) in [5.41, 5.74) is 6.94. The van der Waals surface area contributed by atoms with Crippen molar-refractivity contribution in [3.05, 3.63) is 112 Å². The molecule has 4 amide bonds. The average molecular weight is 1000 g/mol. The summed E-state index contributed by atoms with van der Waals surface area (Å²) in [5, 5.41) is 10.00. The minimum Gasteiger partial charge on any atom is -0.484 e. The van der Waals surface area contributed by atoms with Crippen molar-refractivity contribution < 1.29 is 52.3 Å². The number of halogens is 1. The highest BCUT2D eigenvalue weighted by Crippen LogP contribution is 2.41. The van der Waals surface area contributed by atoms with Crippen LogP contribution in [0.15, 0.2) is 84.9 Å². The molecule has 0 saturated heterocycles. The molecular formula is C54H70ClN5O11. The van der Waals surface area contributed by atoms with E-state index in [0.29, 0.717) is 108 Å². The second-order valence-electron chi connectivity index (χ2n) is 18.4.